The summed E-state index contributed by atoms with van der Waals surface area (Å²) >= 11 is 12.0. The van der Waals surface area contributed by atoms with Crippen molar-refractivity contribution in [2.45, 2.75) is 20.0 Å². The number of benzene rings is 1. The maximum atomic E-state index is 6.08. The summed E-state index contributed by atoms with van der Waals surface area (Å²) in [5, 5.41) is 4.31. The van der Waals surface area contributed by atoms with Gasteiger partial charge in [0.05, 0.1) is 29.0 Å². The lowest BCUT2D eigenvalue weighted by Gasteiger charge is -2.20. The molecule has 0 saturated heterocycles. The van der Waals surface area contributed by atoms with Crippen molar-refractivity contribution in [2.75, 3.05) is 18.5 Å². The SMILES string of the molecule is CCNc1nc(-c2ccc(Cl)c(Cl)c2)nc2c1COCC2. The summed E-state index contributed by atoms with van der Waals surface area (Å²) in [7, 11) is 0. The Bertz CT molecular complexity index is 676. The molecule has 3 rings (SSSR count). The van der Waals surface area contributed by atoms with Gasteiger partial charge in [0.1, 0.15) is 5.82 Å². The van der Waals surface area contributed by atoms with E-state index in [1.165, 1.54) is 0 Å². The lowest BCUT2D eigenvalue weighted by molar-refractivity contribution is 0.109. The third-order valence-corrected chi connectivity index (χ3v) is 4.08. The van der Waals surface area contributed by atoms with E-state index >= 15 is 0 Å². The zero-order valence-corrected chi connectivity index (χ0v) is 13.1. The van der Waals surface area contributed by atoms with Gasteiger partial charge < -0.3 is 10.1 Å². The number of nitrogens with zero attached hydrogens (tertiary/aromatic N) is 2. The molecule has 1 N–H and O–H groups in total. The number of aromatic nitrogens is 2. The maximum absolute atomic E-state index is 6.08. The van der Waals surface area contributed by atoms with Crippen LogP contribution >= 0.6 is 23.2 Å². The molecule has 1 aromatic heterocycles. The number of hydrogen-bond acceptors (Lipinski definition) is 4. The first-order valence-corrected chi connectivity index (χ1v) is 7.61. The van der Waals surface area contributed by atoms with Gasteiger partial charge in [0.2, 0.25) is 0 Å². The van der Waals surface area contributed by atoms with E-state index in [-0.39, 0.29) is 0 Å². The van der Waals surface area contributed by atoms with Crippen LogP contribution in [0.15, 0.2) is 18.2 Å². The van der Waals surface area contributed by atoms with Gasteiger partial charge in [-0.05, 0) is 25.1 Å². The highest BCUT2D eigenvalue weighted by atomic mass is 35.5. The number of ether oxygens (including phenoxy) is 1. The third-order valence-electron chi connectivity index (χ3n) is 3.34. The molecule has 0 aliphatic carbocycles. The zero-order chi connectivity index (χ0) is 14.8. The molecule has 0 saturated carbocycles. The van der Waals surface area contributed by atoms with E-state index in [1.54, 1.807) is 12.1 Å². The van der Waals surface area contributed by atoms with Gasteiger partial charge >= 0.3 is 0 Å². The first-order valence-electron chi connectivity index (χ1n) is 6.86. The normalized spacial score (nSPS) is 13.9. The van der Waals surface area contributed by atoms with Crippen molar-refractivity contribution in [3.8, 4) is 11.4 Å². The van der Waals surface area contributed by atoms with Gasteiger partial charge in [0, 0.05) is 24.1 Å². The first-order chi connectivity index (χ1) is 10.2. The van der Waals surface area contributed by atoms with E-state index in [4.69, 9.17) is 27.9 Å². The fourth-order valence-electron chi connectivity index (χ4n) is 2.31. The van der Waals surface area contributed by atoms with Crippen molar-refractivity contribution < 1.29 is 4.74 Å². The molecule has 21 heavy (non-hydrogen) atoms. The van der Waals surface area contributed by atoms with E-state index in [9.17, 15) is 0 Å². The van der Waals surface area contributed by atoms with Crippen molar-refractivity contribution in [1.29, 1.82) is 0 Å². The average Bonchev–Trinajstić information content (AvgIpc) is 2.50. The molecule has 0 bridgehead atoms. The number of nitrogens with one attached hydrogen (secondary N) is 1. The number of anilines is 1. The number of fused-ring (bicyclic) bond motifs is 1. The molecular formula is C15H15Cl2N3O. The van der Waals surface area contributed by atoms with Crippen LogP contribution in [0.5, 0.6) is 0 Å². The van der Waals surface area contributed by atoms with Crippen LogP contribution in [0.3, 0.4) is 0 Å². The van der Waals surface area contributed by atoms with Crippen molar-refractivity contribution >= 4 is 29.0 Å². The quantitative estimate of drug-likeness (QED) is 0.928. The molecule has 0 radical (unpaired) electrons. The number of rotatable bonds is 3. The fraction of sp³-hybridized carbons (Fsp3) is 0.333. The molecule has 0 fully saturated rings. The third kappa shape index (κ3) is 2.98. The molecule has 0 spiro atoms. The number of halogens is 2. The van der Waals surface area contributed by atoms with Crippen molar-refractivity contribution in [3.05, 3.63) is 39.5 Å². The Kier molecular flexibility index (Phi) is 4.29. The Balaban J connectivity index is 2.09. The van der Waals surface area contributed by atoms with Crippen LogP contribution in [0.25, 0.3) is 11.4 Å². The minimum atomic E-state index is 0.504. The topological polar surface area (TPSA) is 47.0 Å². The van der Waals surface area contributed by atoms with Crippen LogP contribution in [0.2, 0.25) is 10.0 Å². The molecule has 4 nitrogen and oxygen atoms in total. The Hall–Kier alpha value is -1.36. The maximum Gasteiger partial charge on any atom is 0.161 e. The van der Waals surface area contributed by atoms with Gasteiger partial charge in [-0.3, -0.25) is 0 Å². The van der Waals surface area contributed by atoms with E-state index < -0.39 is 0 Å². The van der Waals surface area contributed by atoms with Gasteiger partial charge in [0.15, 0.2) is 5.82 Å². The standard InChI is InChI=1S/C15H15Cl2N3O/c1-2-18-15-10-8-21-6-5-13(10)19-14(20-15)9-3-4-11(16)12(17)7-9/h3-4,7H,2,5-6,8H2,1H3,(H,18,19,20). The van der Waals surface area contributed by atoms with Crippen LogP contribution < -0.4 is 5.32 Å². The van der Waals surface area contributed by atoms with Crippen molar-refractivity contribution in [1.82, 2.24) is 9.97 Å². The highest BCUT2D eigenvalue weighted by Crippen LogP contribution is 2.30. The first kappa shape index (κ1) is 14.6. The average molecular weight is 324 g/mol. The Morgan fingerprint density at radius 2 is 2.10 bits per heavy atom. The van der Waals surface area contributed by atoms with Gasteiger partial charge in [-0.2, -0.15) is 0 Å². The molecule has 2 aromatic rings. The molecule has 0 amide bonds. The van der Waals surface area contributed by atoms with Crippen LogP contribution in [0, 0.1) is 0 Å². The van der Waals surface area contributed by atoms with E-state index in [0.717, 1.165) is 35.6 Å². The predicted octanol–water partition coefficient (Wildman–Crippen LogP) is 3.95. The van der Waals surface area contributed by atoms with Crippen molar-refractivity contribution in [3.63, 3.8) is 0 Å². The second kappa shape index (κ2) is 6.18. The summed E-state index contributed by atoms with van der Waals surface area (Å²) in [6.45, 7) is 4.08. The largest absolute Gasteiger partial charge is 0.376 e. The van der Waals surface area contributed by atoms with Gasteiger partial charge in [-0.15, -0.1) is 0 Å². The van der Waals surface area contributed by atoms with E-state index in [0.29, 0.717) is 29.1 Å². The lowest BCUT2D eigenvalue weighted by atomic mass is 10.1. The second-order valence-electron chi connectivity index (χ2n) is 4.78. The van der Waals surface area contributed by atoms with Gasteiger partial charge in [-0.1, -0.05) is 23.2 Å². The molecule has 6 heteroatoms. The monoisotopic (exact) mass is 323 g/mol. The van der Waals surface area contributed by atoms with Crippen LogP contribution in [0.4, 0.5) is 5.82 Å². The summed E-state index contributed by atoms with van der Waals surface area (Å²) in [6.07, 6.45) is 0.796. The minimum Gasteiger partial charge on any atom is -0.376 e. The Labute approximate surface area is 133 Å². The molecular weight excluding hydrogens is 309 g/mol. The zero-order valence-electron chi connectivity index (χ0n) is 11.6. The predicted molar refractivity (Wildman–Crippen MR) is 85.0 cm³/mol. The van der Waals surface area contributed by atoms with E-state index in [2.05, 4.69) is 15.3 Å². The Morgan fingerprint density at radius 3 is 2.86 bits per heavy atom. The van der Waals surface area contributed by atoms with Crippen molar-refractivity contribution in [2.24, 2.45) is 0 Å². The molecule has 1 aliphatic rings. The summed E-state index contributed by atoms with van der Waals surface area (Å²) in [5.74, 6) is 1.49. The van der Waals surface area contributed by atoms with E-state index in [1.807, 2.05) is 13.0 Å². The lowest BCUT2D eigenvalue weighted by Crippen LogP contribution is -2.17. The summed E-state index contributed by atoms with van der Waals surface area (Å²) in [5.41, 5.74) is 2.94. The summed E-state index contributed by atoms with van der Waals surface area (Å²) < 4.78 is 5.50. The molecule has 1 aromatic carbocycles. The molecule has 2 heterocycles. The highest BCUT2D eigenvalue weighted by Gasteiger charge is 2.18. The smallest absolute Gasteiger partial charge is 0.161 e. The Morgan fingerprint density at radius 1 is 1.24 bits per heavy atom. The molecule has 0 unspecified atom stereocenters. The molecule has 110 valence electrons. The molecule has 1 aliphatic heterocycles. The van der Waals surface area contributed by atoms with Crippen LogP contribution in [-0.2, 0) is 17.8 Å². The molecule has 0 atom stereocenters. The van der Waals surface area contributed by atoms with Gasteiger partial charge in [0.25, 0.3) is 0 Å². The van der Waals surface area contributed by atoms with Crippen LogP contribution in [-0.4, -0.2) is 23.1 Å². The minimum absolute atomic E-state index is 0.504. The fourth-order valence-corrected chi connectivity index (χ4v) is 2.61. The second-order valence-corrected chi connectivity index (χ2v) is 5.60. The highest BCUT2D eigenvalue weighted by molar-refractivity contribution is 6.42. The van der Waals surface area contributed by atoms with Gasteiger partial charge in [-0.25, -0.2) is 9.97 Å². The summed E-state index contributed by atoms with van der Waals surface area (Å²) in [6, 6.07) is 5.43. The summed E-state index contributed by atoms with van der Waals surface area (Å²) in [4.78, 5) is 9.28. The number of hydrogen-bond donors (Lipinski definition) is 1. The van der Waals surface area contributed by atoms with Crippen LogP contribution in [0.1, 0.15) is 18.2 Å².